The highest BCUT2D eigenvalue weighted by Gasteiger charge is 2.25. The fourth-order valence-electron chi connectivity index (χ4n) is 3.59. The second-order valence-corrected chi connectivity index (χ2v) is 6.77. The lowest BCUT2D eigenvalue weighted by atomic mass is 9.98. The van der Waals surface area contributed by atoms with Gasteiger partial charge in [-0.05, 0) is 78.4 Å². The highest BCUT2D eigenvalue weighted by Crippen LogP contribution is 2.25. The molecule has 0 radical (unpaired) electrons. The lowest BCUT2D eigenvalue weighted by molar-refractivity contribution is 0.159. The Morgan fingerprint density at radius 2 is 1.67 bits per heavy atom. The van der Waals surface area contributed by atoms with Crippen molar-refractivity contribution in [1.29, 1.82) is 0 Å². The van der Waals surface area contributed by atoms with E-state index in [1.807, 2.05) is 0 Å². The van der Waals surface area contributed by atoms with Crippen molar-refractivity contribution < 1.29 is 0 Å². The third kappa shape index (κ3) is 3.96. The molecule has 0 spiro atoms. The molecule has 106 valence electrons. The van der Waals surface area contributed by atoms with Crippen molar-refractivity contribution in [2.45, 2.75) is 71.4 Å². The lowest BCUT2D eigenvalue weighted by Crippen LogP contribution is -2.37. The van der Waals surface area contributed by atoms with Crippen LogP contribution in [0, 0.1) is 5.92 Å². The van der Waals surface area contributed by atoms with E-state index < -0.39 is 0 Å². The standard InChI is InChI=1S/C16H32N2/c1-14(2)18-12-9-16(13-18)8-7-15(3)17-10-5-4-6-11-17/h14-16H,4-13H2,1-3H3. The lowest BCUT2D eigenvalue weighted by Gasteiger charge is -2.33. The fourth-order valence-corrected chi connectivity index (χ4v) is 3.59. The Balaban J connectivity index is 1.65. The zero-order valence-electron chi connectivity index (χ0n) is 12.7. The molecular formula is C16H32N2. The molecule has 2 nitrogen and oxygen atoms in total. The van der Waals surface area contributed by atoms with Crippen molar-refractivity contribution in [3.8, 4) is 0 Å². The summed E-state index contributed by atoms with van der Waals surface area (Å²) in [6.45, 7) is 12.5. The highest BCUT2D eigenvalue weighted by atomic mass is 15.2. The minimum Gasteiger partial charge on any atom is -0.301 e. The molecule has 2 saturated heterocycles. The van der Waals surface area contributed by atoms with E-state index in [9.17, 15) is 0 Å². The van der Waals surface area contributed by atoms with Gasteiger partial charge in [-0.25, -0.2) is 0 Å². The van der Waals surface area contributed by atoms with Gasteiger partial charge in [0.15, 0.2) is 0 Å². The van der Waals surface area contributed by atoms with E-state index in [-0.39, 0.29) is 0 Å². The van der Waals surface area contributed by atoms with Gasteiger partial charge in [0.05, 0.1) is 0 Å². The fraction of sp³-hybridized carbons (Fsp3) is 1.00. The van der Waals surface area contributed by atoms with Gasteiger partial charge in [0.1, 0.15) is 0 Å². The zero-order valence-corrected chi connectivity index (χ0v) is 12.7. The molecule has 2 unspecified atom stereocenters. The van der Waals surface area contributed by atoms with E-state index in [0.29, 0.717) is 0 Å². The first-order valence-corrected chi connectivity index (χ1v) is 8.15. The second kappa shape index (κ2) is 6.91. The third-order valence-electron chi connectivity index (χ3n) is 5.05. The van der Waals surface area contributed by atoms with Crippen molar-refractivity contribution >= 4 is 0 Å². The van der Waals surface area contributed by atoms with Gasteiger partial charge in [-0.2, -0.15) is 0 Å². The molecule has 2 atom stereocenters. The summed E-state index contributed by atoms with van der Waals surface area (Å²) in [6.07, 6.45) is 8.60. The summed E-state index contributed by atoms with van der Waals surface area (Å²) < 4.78 is 0. The summed E-state index contributed by atoms with van der Waals surface area (Å²) in [5.74, 6) is 0.972. The predicted octanol–water partition coefficient (Wildman–Crippen LogP) is 3.37. The molecular weight excluding hydrogens is 220 g/mol. The van der Waals surface area contributed by atoms with Gasteiger partial charge >= 0.3 is 0 Å². The van der Waals surface area contributed by atoms with Gasteiger partial charge in [-0.1, -0.05) is 6.42 Å². The van der Waals surface area contributed by atoms with Gasteiger partial charge in [0.25, 0.3) is 0 Å². The van der Waals surface area contributed by atoms with Crippen LogP contribution in [-0.4, -0.2) is 48.1 Å². The van der Waals surface area contributed by atoms with Gasteiger partial charge in [0.2, 0.25) is 0 Å². The second-order valence-electron chi connectivity index (χ2n) is 6.77. The monoisotopic (exact) mass is 252 g/mol. The quantitative estimate of drug-likeness (QED) is 0.740. The van der Waals surface area contributed by atoms with E-state index in [2.05, 4.69) is 30.6 Å². The minimum absolute atomic E-state index is 0.745. The number of rotatable bonds is 5. The number of hydrogen-bond donors (Lipinski definition) is 0. The molecule has 0 N–H and O–H groups in total. The largest absolute Gasteiger partial charge is 0.301 e. The molecule has 0 aromatic carbocycles. The normalized spacial score (nSPS) is 29.0. The van der Waals surface area contributed by atoms with E-state index in [4.69, 9.17) is 0 Å². The van der Waals surface area contributed by atoms with Gasteiger partial charge < -0.3 is 9.80 Å². The van der Waals surface area contributed by atoms with Crippen molar-refractivity contribution in [3.05, 3.63) is 0 Å². The predicted molar refractivity (Wildman–Crippen MR) is 78.9 cm³/mol. The number of piperidine rings is 1. The Labute approximate surface area is 114 Å². The highest BCUT2D eigenvalue weighted by molar-refractivity contribution is 4.80. The molecule has 2 rings (SSSR count). The van der Waals surface area contributed by atoms with E-state index >= 15 is 0 Å². The number of nitrogens with zero attached hydrogens (tertiary/aromatic N) is 2. The summed E-state index contributed by atoms with van der Waals surface area (Å²) in [5, 5.41) is 0. The number of likely N-dealkylation sites (tertiary alicyclic amines) is 2. The van der Waals surface area contributed by atoms with Crippen molar-refractivity contribution in [3.63, 3.8) is 0 Å². The number of hydrogen-bond acceptors (Lipinski definition) is 2. The Morgan fingerprint density at radius 3 is 2.28 bits per heavy atom. The van der Waals surface area contributed by atoms with Crippen LogP contribution in [0.25, 0.3) is 0 Å². The first kappa shape index (κ1) is 14.3. The summed E-state index contributed by atoms with van der Waals surface area (Å²) in [4.78, 5) is 5.37. The molecule has 2 heteroatoms. The third-order valence-corrected chi connectivity index (χ3v) is 5.05. The van der Waals surface area contributed by atoms with Crippen LogP contribution in [0.5, 0.6) is 0 Å². The Kier molecular flexibility index (Phi) is 5.50. The average molecular weight is 252 g/mol. The summed E-state index contributed by atoms with van der Waals surface area (Å²) in [7, 11) is 0. The SMILES string of the molecule is CC(C)N1CCC(CCC(C)N2CCCCC2)C1. The minimum atomic E-state index is 0.745. The maximum Gasteiger partial charge on any atom is 0.00670 e. The Morgan fingerprint density at radius 1 is 0.944 bits per heavy atom. The Bertz CT molecular complexity index is 233. The van der Waals surface area contributed by atoms with Crippen molar-refractivity contribution in [1.82, 2.24) is 9.80 Å². The topological polar surface area (TPSA) is 6.48 Å². The van der Waals surface area contributed by atoms with Gasteiger partial charge in [0, 0.05) is 18.6 Å². The van der Waals surface area contributed by atoms with Crippen LogP contribution in [0.1, 0.15) is 59.3 Å². The van der Waals surface area contributed by atoms with E-state index in [0.717, 1.165) is 18.0 Å². The van der Waals surface area contributed by atoms with Crippen molar-refractivity contribution in [2.75, 3.05) is 26.2 Å². The van der Waals surface area contributed by atoms with Crippen LogP contribution in [0.15, 0.2) is 0 Å². The molecule has 0 saturated carbocycles. The van der Waals surface area contributed by atoms with Gasteiger partial charge in [-0.3, -0.25) is 0 Å². The Hall–Kier alpha value is -0.0800. The zero-order chi connectivity index (χ0) is 13.0. The first-order valence-electron chi connectivity index (χ1n) is 8.15. The maximum absolute atomic E-state index is 2.72. The van der Waals surface area contributed by atoms with Crippen LogP contribution < -0.4 is 0 Å². The molecule has 2 aliphatic heterocycles. The molecule has 0 bridgehead atoms. The summed E-state index contributed by atoms with van der Waals surface area (Å²) in [5.41, 5.74) is 0. The van der Waals surface area contributed by atoms with Crippen LogP contribution >= 0.6 is 0 Å². The molecule has 0 aromatic heterocycles. The van der Waals surface area contributed by atoms with Crippen LogP contribution in [-0.2, 0) is 0 Å². The molecule has 2 aliphatic rings. The average Bonchev–Trinajstić information content (AvgIpc) is 2.86. The molecule has 0 aliphatic carbocycles. The molecule has 2 fully saturated rings. The van der Waals surface area contributed by atoms with Crippen LogP contribution in [0.4, 0.5) is 0 Å². The molecule has 0 amide bonds. The molecule has 2 heterocycles. The molecule has 18 heavy (non-hydrogen) atoms. The van der Waals surface area contributed by atoms with Crippen LogP contribution in [0.2, 0.25) is 0 Å². The smallest absolute Gasteiger partial charge is 0.00670 e. The summed E-state index contributed by atoms with van der Waals surface area (Å²) in [6, 6.07) is 1.56. The molecule has 0 aromatic rings. The summed E-state index contributed by atoms with van der Waals surface area (Å²) >= 11 is 0. The van der Waals surface area contributed by atoms with Crippen LogP contribution in [0.3, 0.4) is 0 Å². The maximum atomic E-state index is 2.72. The van der Waals surface area contributed by atoms with Crippen molar-refractivity contribution in [2.24, 2.45) is 5.92 Å². The van der Waals surface area contributed by atoms with Gasteiger partial charge in [-0.15, -0.1) is 0 Å². The first-order chi connectivity index (χ1) is 8.66. The van der Waals surface area contributed by atoms with E-state index in [1.165, 1.54) is 64.7 Å². The van der Waals surface area contributed by atoms with E-state index in [1.54, 1.807) is 0 Å².